The van der Waals surface area contributed by atoms with E-state index in [-0.39, 0.29) is 30.1 Å². The molecule has 2 amide bonds. The number of anilines is 1. The summed E-state index contributed by atoms with van der Waals surface area (Å²) < 4.78 is 0. The molecule has 1 N–H and O–H groups in total. The Kier molecular flexibility index (Phi) is 7.72. The molecule has 3 rings (SSSR count). The summed E-state index contributed by atoms with van der Waals surface area (Å²) in [5.74, 6) is -0.172. The molecular weight excluding hydrogens is 338 g/mol. The van der Waals surface area contributed by atoms with Crippen molar-refractivity contribution in [3.05, 3.63) is 30.3 Å². The van der Waals surface area contributed by atoms with Crippen molar-refractivity contribution >= 4 is 29.9 Å². The number of nitrogens with one attached hydrogen (secondary N) is 1. The predicted octanol–water partition coefficient (Wildman–Crippen LogP) is 2.45. The van der Waals surface area contributed by atoms with Gasteiger partial charge in [0.1, 0.15) is 0 Å². The highest BCUT2D eigenvalue weighted by atomic mass is 35.5. The zero-order valence-electron chi connectivity index (χ0n) is 14.7. The van der Waals surface area contributed by atoms with Crippen LogP contribution in [0.15, 0.2) is 30.3 Å². The molecule has 25 heavy (non-hydrogen) atoms. The largest absolute Gasteiger partial charge is 0.356 e. The topological polar surface area (TPSA) is 52.7 Å². The number of halogens is 1. The van der Waals surface area contributed by atoms with Crippen LogP contribution in [0.3, 0.4) is 0 Å². The van der Waals surface area contributed by atoms with Gasteiger partial charge in [0.2, 0.25) is 11.8 Å². The number of amides is 2. The highest BCUT2D eigenvalue weighted by Gasteiger charge is 2.34. The molecule has 138 valence electrons. The number of carbonyl (C=O) groups excluding carboxylic acids is 2. The van der Waals surface area contributed by atoms with Crippen LogP contribution in [-0.2, 0) is 9.59 Å². The SMILES string of the molecule is Cl.O=C(NCCCCN1CCCC1)C1CC(=O)N(c2ccccc2)C1. The molecule has 1 atom stereocenters. The van der Waals surface area contributed by atoms with Gasteiger partial charge >= 0.3 is 0 Å². The zero-order valence-corrected chi connectivity index (χ0v) is 15.5. The van der Waals surface area contributed by atoms with Crippen LogP contribution in [0.4, 0.5) is 5.69 Å². The minimum atomic E-state index is -0.226. The number of carbonyl (C=O) groups is 2. The van der Waals surface area contributed by atoms with Crippen LogP contribution in [0.1, 0.15) is 32.1 Å². The van der Waals surface area contributed by atoms with E-state index in [0.29, 0.717) is 19.5 Å². The van der Waals surface area contributed by atoms with Gasteiger partial charge in [-0.15, -0.1) is 12.4 Å². The van der Waals surface area contributed by atoms with E-state index in [1.165, 1.54) is 25.9 Å². The predicted molar refractivity (Wildman–Crippen MR) is 102 cm³/mol. The summed E-state index contributed by atoms with van der Waals surface area (Å²) in [7, 11) is 0. The normalized spacial score (nSPS) is 20.6. The molecule has 5 nitrogen and oxygen atoms in total. The van der Waals surface area contributed by atoms with Crippen molar-refractivity contribution in [2.24, 2.45) is 5.92 Å². The first kappa shape index (κ1) is 19.7. The van der Waals surface area contributed by atoms with Crippen molar-refractivity contribution in [2.45, 2.75) is 32.1 Å². The third-order valence-electron chi connectivity index (χ3n) is 4.96. The van der Waals surface area contributed by atoms with Crippen LogP contribution in [-0.4, -0.2) is 49.4 Å². The van der Waals surface area contributed by atoms with E-state index in [1.807, 2.05) is 30.3 Å². The number of unbranched alkanes of at least 4 members (excludes halogenated alkanes) is 1. The van der Waals surface area contributed by atoms with E-state index < -0.39 is 0 Å². The Morgan fingerprint density at radius 1 is 1.12 bits per heavy atom. The van der Waals surface area contributed by atoms with Crippen LogP contribution in [0, 0.1) is 5.92 Å². The lowest BCUT2D eigenvalue weighted by Gasteiger charge is -2.17. The Balaban J connectivity index is 0.00000225. The summed E-state index contributed by atoms with van der Waals surface area (Å²) in [5.41, 5.74) is 0.878. The first-order valence-corrected chi connectivity index (χ1v) is 9.09. The van der Waals surface area contributed by atoms with Crippen LogP contribution < -0.4 is 10.2 Å². The molecule has 0 aliphatic carbocycles. The zero-order chi connectivity index (χ0) is 16.8. The van der Waals surface area contributed by atoms with Gasteiger partial charge in [-0.2, -0.15) is 0 Å². The average Bonchev–Trinajstić information content (AvgIpc) is 3.25. The van der Waals surface area contributed by atoms with Crippen molar-refractivity contribution in [2.75, 3.05) is 37.6 Å². The summed E-state index contributed by atoms with van der Waals surface area (Å²) in [4.78, 5) is 28.7. The standard InChI is InChI=1S/C19H27N3O2.ClH/c23-18-14-16(15-22(18)17-8-2-1-3-9-17)19(24)20-10-4-5-11-21-12-6-7-13-21;/h1-3,8-9,16H,4-7,10-15H2,(H,20,24);1H. The maximum Gasteiger partial charge on any atom is 0.227 e. The number of benzene rings is 1. The molecule has 0 bridgehead atoms. The van der Waals surface area contributed by atoms with E-state index in [1.54, 1.807) is 4.90 Å². The number of hydrogen-bond acceptors (Lipinski definition) is 3. The molecule has 6 heteroatoms. The van der Waals surface area contributed by atoms with Crippen molar-refractivity contribution in [3.63, 3.8) is 0 Å². The van der Waals surface area contributed by atoms with Crippen molar-refractivity contribution in [1.29, 1.82) is 0 Å². The van der Waals surface area contributed by atoms with Crippen LogP contribution in [0.5, 0.6) is 0 Å². The summed E-state index contributed by atoms with van der Waals surface area (Å²) in [6.45, 7) is 4.79. The lowest BCUT2D eigenvalue weighted by Crippen LogP contribution is -2.33. The van der Waals surface area contributed by atoms with Crippen molar-refractivity contribution in [1.82, 2.24) is 10.2 Å². The van der Waals surface area contributed by atoms with Crippen LogP contribution in [0.25, 0.3) is 0 Å². The fourth-order valence-electron chi connectivity index (χ4n) is 3.56. The highest BCUT2D eigenvalue weighted by molar-refractivity contribution is 6.00. The number of hydrogen-bond donors (Lipinski definition) is 1. The minimum Gasteiger partial charge on any atom is -0.356 e. The fraction of sp³-hybridized carbons (Fsp3) is 0.579. The number of likely N-dealkylation sites (tertiary alicyclic amines) is 1. The van der Waals surface area contributed by atoms with Gasteiger partial charge in [-0.05, 0) is 57.5 Å². The molecule has 0 spiro atoms. The summed E-state index contributed by atoms with van der Waals surface area (Å²) in [6.07, 6.45) is 5.09. The summed E-state index contributed by atoms with van der Waals surface area (Å²) in [5, 5.41) is 3.01. The Morgan fingerprint density at radius 2 is 1.84 bits per heavy atom. The third kappa shape index (κ3) is 5.44. The first-order valence-electron chi connectivity index (χ1n) is 9.09. The molecule has 0 aromatic heterocycles. The van der Waals surface area contributed by atoms with Gasteiger partial charge in [-0.1, -0.05) is 18.2 Å². The van der Waals surface area contributed by atoms with Gasteiger partial charge in [-0.25, -0.2) is 0 Å². The molecule has 1 aromatic rings. The minimum absolute atomic E-state index is 0. The average molecular weight is 366 g/mol. The maximum atomic E-state index is 12.3. The van der Waals surface area contributed by atoms with E-state index in [4.69, 9.17) is 0 Å². The van der Waals surface area contributed by atoms with E-state index in [2.05, 4.69) is 10.2 Å². The Morgan fingerprint density at radius 3 is 2.56 bits per heavy atom. The first-order chi connectivity index (χ1) is 11.7. The number of nitrogens with zero attached hydrogens (tertiary/aromatic N) is 2. The number of para-hydroxylation sites is 1. The molecule has 2 saturated heterocycles. The number of rotatable bonds is 7. The molecule has 2 fully saturated rings. The van der Waals surface area contributed by atoms with Gasteiger partial charge in [0.25, 0.3) is 0 Å². The van der Waals surface area contributed by atoms with E-state index >= 15 is 0 Å². The lowest BCUT2D eigenvalue weighted by atomic mass is 10.1. The Labute approximate surface area is 156 Å². The van der Waals surface area contributed by atoms with Crippen molar-refractivity contribution in [3.8, 4) is 0 Å². The summed E-state index contributed by atoms with van der Waals surface area (Å²) in [6, 6.07) is 9.58. The van der Waals surface area contributed by atoms with Gasteiger partial charge in [-0.3, -0.25) is 9.59 Å². The summed E-state index contributed by atoms with van der Waals surface area (Å²) >= 11 is 0. The second kappa shape index (κ2) is 9.78. The fourth-order valence-corrected chi connectivity index (χ4v) is 3.56. The van der Waals surface area contributed by atoms with Gasteiger partial charge in [0.05, 0.1) is 5.92 Å². The van der Waals surface area contributed by atoms with Gasteiger partial charge in [0.15, 0.2) is 0 Å². The quantitative estimate of drug-likeness (QED) is 0.755. The highest BCUT2D eigenvalue weighted by Crippen LogP contribution is 2.24. The van der Waals surface area contributed by atoms with Crippen LogP contribution in [0.2, 0.25) is 0 Å². The Bertz CT molecular complexity index is 561. The lowest BCUT2D eigenvalue weighted by molar-refractivity contribution is -0.126. The molecule has 2 aliphatic rings. The molecule has 1 unspecified atom stereocenters. The second-order valence-electron chi connectivity index (χ2n) is 6.79. The smallest absolute Gasteiger partial charge is 0.227 e. The van der Waals surface area contributed by atoms with Gasteiger partial charge < -0.3 is 15.1 Å². The van der Waals surface area contributed by atoms with Gasteiger partial charge in [0, 0.05) is 25.2 Å². The molecule has 2 aliphatic heterocycles. The van der Waals surface area contributed by atoms with Crippen molar-refractivity contribution < 1.29 is 9.59 Å². The van der Waals surface area contributed by atoms with E-state index in [0.717, 1.165) is 25.1 Å². The molecule has 0 saturated carbocycles. The molecule has 1 aromatic carbocycles. The third-order valence-corrected chi connectivity index (χ3v) is 4.96. The second-order valence-corrected chi connectivity index (χ2v) is 6.79. The van der Waals surface area contributed by atoms with Crippen LogP contribution >= 0.6 is 12.4 Å². The van der Waals surface area contributed by atoms with E-state index in [9.17, 15) is 9.59 Å². The molecular formula is C19H28ClN3O2. The molecule has 2 heterocycles. The molecule has 0 radical (unpaired) electrons. The maximum absolute atomic E-state index is 12.3. The monoisotopic (exact) mass is 365 g/mol. The Hall–Kier alpha value is -1.59.